The largest absolute Gasteiger partial charge is 0.494 e. The summed E-state index contributed by atoms with van der Waals surface area (Å²) in [4.78, 5) is 4.46. The van der Waals surface area contributed by atoms with Gasteiger partial charge in [0, 0.05) is 22.6 Å². The van der Waals surface area contributed by atoms with E-state index in [1.54, 1.807) is 6.07 Å². The monoisotopic (exact) mass is 267 g/mol. The third kappa shape index (κ3) is 2.27. The summed E-state index contributed by atoms with van der Waals surface area (Å²) >= 11 is 6.23. The fraction of sp³-hybridized carbons (Fsp3) is 0.357. The minimum Gasteiger partial charge on any atom is -0.494 e. The number of fused-ring (bicyclic) bond motifs is 1. The second-order valence-electron chi connectivity index (χ2n) is 5.24. The molecule has 0 aliphatic carbocycles. The number of rotatable bonds is 1. The van der Waals surface area contributed by atoms with Crippen LogP contribution in [0, 0.1) is 5.82 Å². The maximum atomic E-state index is 13.7. The Bertz CT molecular complexity index is 605. The Hall–Kier alpha value is -1.35. The van der Waals surface area contributed by atoms with Crippen LogP contribution in [0.1, 0.15) is 26.5 Å². The average Bonchev–Trinajstić information content (AvgIpc) is 2.26. The lowest BCUT2D eigenvalue weighted by molar-refractivity contribution is 0.387. The molecule has 0 radical (unpaired) electrons. The van der Waals surface area contributed by atoms with Crippen LogP contribution in [0.3, 0.4) is 0 Å². The molecule has 4 heteroatoms. The van der Waals surface area contributed by atoms with E-state index < -0.39 is 5.82 Å². The minimum atomic E-state index is -0.431. The lowest BCUT2D eigenvalue weighted by atomic mass is 9.91. The highest BCUT2D eigenvalue weighted by Crippen LogP contribution is 2.32. The van der Waals surface area contributed by atoms with Crippen LogP contribution in [0.15, 0.2) is 18.2 Å². The van der Waals surface area contributed by atoms with E-state index in [1.165, 1.54) is 13.2 Å². The Labute approximate surface area is 111 Å². The van der Waals surface area contributed by atoms with Gasteiger partial charge in [0.1, 0.15) is 0 Å². The van der Waals surface area contributed by atoms with E-state index in [1.807, 2.05) is 26.8 Å². The summed E-state index contributed by atoms with van der Waals surface area (Å²) in [5, 5.41) is 1.26. The first kappa shape index (κ1) is 13.1. The maximum absolute atomic E-state index is 13.7. The molecule has 2 rings (SSSR count). The van der Waals surface area contributed by atoms with Gasteiger partial charge < -0.3 is 4.74 Å². The molecule has 0 unspecified atom stereocenters. The molecule has 96 valence electrons. The SMILES string of the molecule is COc1cc2c(Cl)cc(C(C)(C)C)nc2cc1F. The van der Waals surface area contributed by atoms with Gasteiger partial charge in [-0.15, -0.1) is 0 Å². The molecule has 0 atom stereocenters. The van der Waals surface area contributed by atoms with Crippen LogP contribution < -0.4 is 4.74 Å². The molecular weight excluding hydrogens is 253 g/mol. The van der Waals surface area contributed by atoms with Crippen LogP contribution in [0.4, 0.5) is 4.39 Å². The predicted molar refractivity (Wildman–Crippen MR) is 72.0 cm³/mol. The Kier molecular flexibility index (Phi) is 3.20. The summed E-state index contributed by atoms with van der Waals surface area (Å²) in [6.45, 7) is 6.12. The van der Waals surface area contributed by atoms with Crippen molar-refractivity contribution in [2.24, 2.45) is 0 Å². The van der Waals surface area contributed by atoms with Crippen LogP contribution in [0.2, 0.25) is 5.02 Å². The molecule has 1 heterocycles. The third-order valence-electron chi connectivity index (χ3n) is 2.80. The van der Waals surface area contributed by atoms with Gasteiger partial charge in [-0.2, -0.15) is 0 Å². The summed E-state index contributed by atoms with van der Waals surface area (Å²) in [6, 6.07) is 4.75. The van der Waals surface area contributed by atoms with Crippen molar-refractivity contribution < 1.29 is 9.13 Å². The predicted octanol–water partition coefficient (Wildman–Crippen LogP) is 4.33. The number of benzene rings is 1. The van der Waals surface area contributed by atoms with Crippen LogP contribution in [0.25, 0.3) is 10.9 Å². The Morgan fingerprint density at radius 1 is 1.22 bits per heavy atom. The van der Waals surface area contributed by atoms with Crippen LogP contribution in [0.5, 0.6) is 5.75 Å². The number of pyridine rings is 1. The molecule has 0 bridgehead atoms. The van der Waals surface area contributed by atoms with Gasteiger partial charge in [-0.25, -0.2) is 4.39 Å². The van der Waals surface area contributed by atoms with Crippen molar-refractivity contribution in [1.82, 2.24) is 4.98 Å². The smallest absolute Gasteiger partial charge is 0.167 e. The third-order valence-corrected chi connectivity index (χ3v) is 3.11. The normalized spacial score (nSPS) is 11.9. The van der Waals surface area contributed by atoms with Crippen molar-refractivity contribution in [2.45, 2.75) is 26.2 Å². The van der Waals surface area contributed by atoms with Gasteiger partial charge in [0.25, 0.3) is 0 Å². The van der Waals surface area contributed by atoms with Crippen molar-refractivity contribution in [3.05, 3.63) is 34.7 Å². The highest BCUT2D eigenvalue weighted by atomic mass is 35.5. The molecule has 0 saturated carbocycles. The minimum absolute atomic E-state index is 0.131. The second-order valence-corrected chi connectivity index (χ2v) is 5.65. The van der Waals surface area contributed by atoms with Crippen LogP contribution in [-0.4, -0.2) is 12.1 Å². The number of aromatic nitrogens is 1. The Morgan fingerprint density at radius 2 is 1.89 bits per heavy atom. The molecule has 0 spiro atoms. The van der Waals surface area contributed by atoms with Crippen molar-refractivity contribution in [3.63, 3.8) is 0 Å². The van der Waals surface area contributed by atoms with Gasteiger partial charge in [0.2, 0.25) is 0 Å². The topological polar surface area (TPSA) is 22.1 Å². The van der Waals surface area contributed by atoms with Gasteiger partial charge in [0.05, 0.1) is 17.6 Å². The van der Waals surface area contributed by atoms with E-state index in [2.05, 4.69) is 4.98 Å². The van der Waals surface area contributed by atoms with Crippen molar-refractivity contribution in [3.8, 4) is 5.75 Å². The molecule has 1 aromatic heterocycles. The number of nitrogens with zero attached hydrogens (tertiary/aromatic N) is 1. The summed E-state index contributed by atoms with van der Waals surface area (Å²) in [6.07, 6.45) is 0. The zero-order valence-corrected chi connectivity index (χ0v) is 11.6. The molecule has 0 fully saturated rings. The van der Waals surface area contributed by atoms with Gasteiger partial charge in [0.15, 0.2) is 11.6 Å². The molecule has 0 N–H and O–H groups in total. The van der Waals surface area contributed by atoms with Crippen molar-refractivity contribution in [2.75, 3.05) is 7.11 Å². The molecule has 18 heavy (non-hydrogen) atoms. The van der Waals surface area contributed by atoms with Gasteiger partial charge >= 0.3 is 0 Å². The summed E-state index contributed by atoms with van der Waals surface area (Å²) in [7, 11) is 1.43. The van der Waals surface area contributed by atoms with E-state index in [0.717, 1.165) is 5.69 Å². The fourth-order valence-electron chi connectivity index (χ4n) is 1.73. The lowest BCUT2D eigenvalue weighted by Gasteiger charge is -2.19. The highest BCUT2D eigenvalue weighted by molar-refractivity contribution is 6.35. The van der Waals surface area contributed by atoms with E-state index in [0.29, 0.717) is 15.9 Å². The number of hydrogen-bond acceptors (Lipinski definition) is 2. The van der Waals surface area contributed by atoms with Gasteiger partial charge in [-0.3, -0.25) is 4.98 Å². The number of hydrogen-bond donors (Lipinski definition) is 0. The maximum Gasteiger partial charge on any atom is 0.167 e. The number of halogens is 2. The van der Waals surface area contributed by atoms with Crippen molar-refractivity contribution >= 4 is 22.5 Å². The number of methoxy groups -OCH3 is 1. The van der Waals surface area contributed by atoms with E-state index in [-0.39, 0.29) is 11.2 Å². The fourth-order valence-corrected chi connectivity index (χ4v) is 1.98. The molecule has 0 amide bonds. The highest BCUT2D eigenvalue weighted by Gasteiger charge is 2.18. The van der Waals surface area contributed by atoms with Gasteiger partial charge in [-0.05, 0) is 12.1 Å². The second kappa shape index (κ2) is 4.39. The first-order valence-corrected chi connectivity index (χ1v) is 6.05. The van der Waals surface area contributed by atoms with E-state index >= 15 is 0 Å². The zero-order valence-electron chi connectivity index (χ0n) is 10.8. The van der Waals surface area contributed by atoms with Crippen LogP contribution >= 0.6 is 11.6 Å². The summed E-state index contributed by atoms with van der Waals surface area (Å²) in [5.74, 6) is -0.255. The van der Waals surface area contributed by atoms with Gasteiger partial charge in [-0.1, -0.05) is 32.4 Å². The standard InChI is InChI=1S/C14H15ClFNO/c1-14(2,3)13-6-9(15)8-5-12(18-4)10(16)7-11(8)17-13/h5-7H,1-4H3. The Morgan fingerprint density at radius 3 is 2.44 bits per heavy atom. The molecule has 2 aromatic rings. The summed E-state index contributed by atoms with van der Waals surface area (Å²) in [5.41, 5.74) is 1.25. The van der Waals surface area contributed by atoms with Crippen LogP contribution in [-0.2, 0) is 5.41 Å². The summed E-state index contributed by atoms with van der Waals surface area (Å²) < 4.78 is 18.6. The molecule has 0 saturated heterocycles. The van der Waals surface area contributed by atoms with E-state index in [9.17, 15) is 4.39 Å². The quantitative estimate of drug-likeness (QED) is 0.767. The molecular formula is C14H15ClFNO. The first-order chi connectivity index (χ1) is 8.32. The zero-order chi connectivity index (χ0) is 13.5. The van der Waals surface area contributed by atoms with Crippen molar-refractivity contribution in [1.29, 1.82) is 0 Å². The molecule has 1 aromatic carbocycles. The lowest BCUT2D eigenvalue weighted by Crippen LogP contribution is -2.13. The Balaban J connectivity index is 2.74. The molecule has 0 aliphatic rings. The van der Waals surface area contributed by atoms with E-state index in [4.69, 9.17) is 16.3 Å². The molecule has 0 aliphatic heterocycles. The molecule has 2 nitrogen and oxygen atoms in total. The average molecular weight is 268 g/mol. The number of ether oxygens (including phenoxy) is 1. The first-order valence-electron chi connectivity index (χ1n) is 5.67.